The number of rotatable bonds is 6. The highest BCUT2D eigenvalue weighted by Gasteiger charge is 2.47. The zero-order valence-electron chi connectivity index (χ0n) is 12.9. The molecule has 2 heterocycles. The number of aryl methyl sites for hydroxylation is 1. The van der Waals surface area contributed by atoms with E-state index in [1.54, 1.807) is 19.9 Å². The summed E-state index contributed by atoms with van der Waals surface area (Å²) in [4.78, 5) is 37.2. The number of nitrogens with zero attached hydrogens (tertiary/aromatic N) is 2. The molecule has 1 aliphatic heterocycles. The van der Waals surface area contributed by atoms with Crippen LogP contribution in [0.1, 0.15) is 38.9 Å². The van der Waals surface area contributed by atoms with Crippen LogP contribution in [-0.4, -0.2) is 40.0 Å². The third kappa shape index (κ3) is 3.26. The lowest BCUT2D eigenvalue weighted by atomic mass is 9.95. The summed E-state index contributed by atoms with van der Waals surface area (Å²) in [5.41, 5.74) is -0.933. The molecule has 0 bridgehead atoms. The molecule has 1 saturated heterocycles. The number of hydrogen-bond acceptors (Lipinski definition) is 5. The monoisotopic (exact) mass is 308 g/mol. The molecule has 0 radical (unpaired) electrons. The van der Waals surface area contributed by atoms with Crippen LogP contribution in [0.2, 0.25) is 0 Å². The Balaban J connectivity index is 1.98. The van der Waals surface area contributed by atoms with E-state index in [4.69, 9.17) is 4.52 Å². The molecule has 1 atom stereocenters. The summed E-state index contributed by atoms with van der Waals surface area (Å²) in [6.45, 7) is 5.04. The number of urea groups is 1. The van der Waals surface area contributed by atoms with Crippen molar-refractivity contribution in [1.29, 1.82) is 0 Å². The molecule has 0 aliphatic carbocycles. The molecule has 1 aliphatic rings. The largest absolute Gasteiger partial charge is 0.360 e. The van der Waals surface area contributed by atoms with Crippen LogP contribution in [0.25, 0.3) is 0 Å². The molecule has 2 rings (SSSR count). The predicted molar refractivity (Wildman–Crippen MR) is 78.0 cm³/mol. The number of aromatic nitrogens is 1. The van der Waals surface area contributed by atoms with Gasteiger partial charge in [-0.15, -0.1) is 0 Å². The molecule has 120 valence electrons. The Labute approximate surface area is 128 Å². The maximum absolute atomic E-state index is 12.4. The summed E-state index contributed by atoms with van der Waals surface area (Å²) in [5, 5.41) is 8.77. The third-order valence-electron chi connectivity index (χ3n) is 3.57. The molecule has 0 saturated carbocycles. The fraction of sp³-hybridized carbons (Fsp3) is 0.571. The Bertz CT molecular complexity index is 597. The molecular formula is C14H20N4O4. The van der Waals surface area contributed by atoms with E-state index in [0.29, 0.717) is 12.2 Å². The number of carbonyl (C=O) groups excluding carboxylic acids is 3. The minimum Gasteiger partial charge on any atom is -0.360 e. The molecular weight excluding hydrogens is 288 g/mol. The molecule has 0 spiro atoms. The normalized spacial score (nSPS) is 21.1. The third-order valence-corrected chi connectivity index (χ3v) is 3.57. The second-order valence-electron chi connectivity index (χ2n) is 5.63. The number of unbranched alkanes of at least 4 members (excludes halogenated alkanes) is 1. The van der Waals surface area contributed by atoms with Gasteiger partial charge in [0.15, 0.2) is 5.82 Å². The van der Waals surface area contributed by atoms with Gasteiger partial charge < -0.3 is 15.2 Å². The second-order valence-corrected chi connectivity index (χ2v) is 5.63. The molecule has 0 aromatic carbocycles. The second kappa shape index (κ2) is 6.17. The average molecular weight is 308 g/mol. The molecule has 1 aromatic rings. The highest BCUT2D eigenvalue weighted by Crippen LogP contribution is 2.23. The average Bonchev–Trinajstić information content (AvgIpc) is 2.94. The first-order chi connectivity index (χ1) is 10.4. The van der Waals surface area contributed by atoms with E-state index < -0.39 is 17.5 Å². The summed E-state index contributed by atoms with van der Waals surface area (Å²) in [5.74, 6) is -0.0743. The van der Waals surface area contributed by atoms with Gasteiger partial charge >= 0.3 is 6.03 Å². The van der Waals surface area contributed by atoms with Crippen molar-refractivity contribution in [3.05, 3.63) is 11.8 Å². The summed E-state index contributed by atoms with van der Waals surface area (Å²) < 4.78 is 4.83. The Hall–Kier alpha value is -2.38. The SMILES string of the molecule is CCCC[C@]1(C)NC(=O)N(CC(=O)Nc2cc(C)on2)C1=O. The first-order valence-corrected chi connectivity index (χ1v) is 7.23. The highest BCUT2D eigenvalue weighted by molar-refractivity contribution is 6.09. The smallest absolute Gasteiger partial charge is 0.325 e. The van der Waals surface area contributed by atoms with Crippen molar-refractivity contribution >= 4 is 23.7 Å². The van der Waals surface area contributed by atoms with Crippen LogP contribution in [-0.2, 0) is 9.59 Å². The van der Waals surface area contributed by atoms with Gasteiger partial charge in [0, 0.05) is 6.07 Å². The van der Waals surface area contributed by atoms with Gasteiger partial charge in [-0.05, 0) is 20.3 Å². The van der Waals surface area contributed by atoms with E-state index >= 15 is 0 Å². The van der Waals surface area contributed by atoms with Crippen LogP contribution in [0, 0.1) is 6.92 Å². The summed E-state index contributed by atoms with van der Waals surface area (Å²) in [7, 11) is 0. The van der Waals surface area contributed by atoms with Crippen molar-refractivity contribution in [2.45, 2.75) is 45.6 Å². The van der Waals surface area contributed by atoms with Gasteiger partial charge in [0.2, 0.25) is 5.91 Å². The zero-order chi connectivity index (χ0) is 16.3. The van der Waals surface area contributed by atoms with Crippen molar-refractivity contribution in [2.24, 2.45) is 0 Å². The molecule has 2 N–H and O–H groups in total. The van der Waals surface area contributed by atoms with Gasteiger partial charge in [0.05, 0.1) is 0 Å². The molecule has 8 heteroatoms. The lowest BCUT2D eigenvalue weighted by Gasteiger charge is -2.21. The van der Waals surface area contributed by atoms with E-state index in [9.17, 15) is 14.4 Å². The Morgan fingerprint density at radius 1 is 1.50 bits per heavy atom. The lowest BCUT2D eigenvalue weighted by molar-refractivity contribution is -0.133. The van der Waals surface area contributed by atoms with Crippen LogP contribution in [0.15, 0.2) is 10.6 Å². The van der Waals surface area contributed by atoms with Gasteiger partial charge in [0.25, 0.3) is 5.91 Å². The Kier molecular flexibility index (Phi) is 4.48. The number of carbonyl (C=O) groups is 3. The quantitative estimate of drug-likeness (QED) is 0.773. The minimum atomic E-state index is -0.933. The first-order valence-electron chi connectivity index (χ1n) is 7.23. The van der Waals surface area contributed by atoms with Gasteiger partial charge in [0.1, 0.15) is 17.8 Å². The highest BCUT2D eigenvalue weighted by atomic mass is 16.5. The van der Waals surface area contributed by atoms with E-state index in [1.807, 2.05) is 6.92 Å². The van der Waals surface area contributed by atoms with Crippen LogP contribution in [0.5, 0.6) is 0 Å². The fourth-order valence-corrected chi connectivity index (χ4v) is 2.34. The van der Waals surface area contributed by atoms with Crippen LogP contribution in [0.3, 0.4) is 0 Å². The molecule has 0 unspecified atom stereocenters. The lowest BCUT2D eigenvalue weighted by Crippen LogP contribution is -2.44. The van der Waals surface area contributed by atoms with E-state index in [-0.39, 0.29) is 18.3 Å². The molecule has 4 amide bonds. The van der Waals surface area contributed by atoms with Crippen molar-refractivity contribution in [1.82, 2.24) is 15.4 Å². The maximum Gasteiger partial charge on any atom is 0.325 e. The van der Waals surface area contributed by atoms with Crippen molar-refractivity contribution in [3.8, 4) is 0 Å². The van der Waals surface area contributed by atoms with Crippen molar-refractivity contribution < 1.29 is 18.9 Å². The number of imide groups is 1. The van der Waals surface area contributed by atoms with Gasteiger partial charge in [-0.25, -0.2) is 4.79 Å². The predicted octanol–water partition coefficient (Wildman–Crippen LogP) is 1.42. The van der Waals surface area contributed by atoms with Crippen molar-refractivity contribution in [3.63, 3.8) is 0 Å². The summed E-state index contributed by atoms with van der Waals surface area (Å²) >= 11 is 0. The first kappa shape index (κ1) is 16.0. The van der Waals surface area contributed by atoms with Crippen LogP contribution >= 0.6 is 0 Å². The topological polar surface area (TPSA) is 105 Å². The standard InChI is InChI=1S/C14H20N4O4/c1-4-5-6-14(3)12(20)18(13(21)16-14)8-11(19)15-10-7-9(2)22-17-10/h7H,4-6,8H2,1-3H3,(H,16,21)(H,15,17,19)/t14-/m0/s1. The minimum absolute atomic E-state index is 0.253. The summed E-state index contributed by atoms with van der Waals surface area (Å²) in [6.07, 6.45) is 2.29. The van der Waals surface area contributed by atoms with Gasteiger partial charge in [-0.2, -0.15) is 0 Å². The molecule has 22 heavy (non-hydrogen) atoms. The van der Waals surface area contributed by atoms with Crippen LogP contribution in [0.4, 0.5) is 10.6 Å². The van der Waals surface area contributed by atoms with Gasteiger partial charge in [-0.1, -0.05) is 24.9 Å². The van der Waals surface area contributed by atoms with E-state index in [0.717, 1.165) is 17.7 Å². The molecule has 1 fully saturated rings. The van der Waals surface area contributed by atoms with Gasteiger partial charge in [-0.3, -0.25) is 14.5 Å². The molecule has 1 aromatic heterocycles. The number of nitrogens with one attached hydrogen (secondary N) is 2. The fourth-order valence-electron chi connectivity index (χ4n) is 2.34. The Morgan fingerprint density at radius 2 is 2.23 bits per heavy atom. The Morgan fingerprint density at radius 3 is 2.82 bits per heavy atom. The maximum atomic E-state index is 12.4. The van der Waals surface area contributed by atoms with E-state index in [2.05, 4.69) is 15.8 Å². The van der Waals surface area contributed by atoms with Crippen LogP contribution < -0.4 is 10.6 Å². The number of amides is 4. The molecule has 8 nitrogen and oxygen atoms in total. The number of anilines is 1. The van der Waals surface area contributed by atoms with Crippen molar-refractivity contribution in [2.75, 3.05) is 11.9 Å². The number of hydrogen-bond donors (Lipinski definition) is 2. The van der Waals surface area contributed by atoms with E-state index in [1.165, 1.54) is 0 Å². The zero-order valence-corrected chi connectivity index (χ0v) is 12.9. The summed E-state index contributed by atoms with van der Waals surface area (Å²) in [6, 6.07) is 1.00.